The molecule has 5 heteroatoms. The first-order valence-electron chi connectivity index (χ1n) is 4.83. The van der Waals surface area contributed by atoms with Crippen LogP contribution in [0.2, 0.25) is 5.02 Å². The van der Waals surface area contributed by atoms with Gasteiger partial charge < -0.3 is 15.2 Å². The minimum Gasteiger partial charge on any atom is -0.354 e. The minimum atomic E-state index is -0.483. The van der Waals surface area contributed by atoms with Gasteiger partial charge in [0.15, 0.2) is 6.29 Å². The van der Waals surface area contributed by atoms with Gasteiger partial charge in [-0.2, -0.15) is 0 Å². The number of ether oxygens (including phenoxy) is 2. The lowest BCUT2D eigenvalue weighted by atomic mass is 10.1. The van der Waals surface area contributed by atoms with Crippen molar-refractivity contribution in [2.45, 2.75) is 18.8 Å². The van der Waals surface area contributed by atoms with Gasteiger partial charge in [0, 0.05) is 14.2 Å². The zero-order valence-electron chi connectivity index (χ0n) is 9.24. The zero-order valence-corrected chi connectivity index (χ0v) is 10.00. The molecule has 2 N–H and O–H groups in total. The van der Waals surface area contributed by atoms with Crippen molar-refractivity contribution in [2.24, 2.45) is 5.73 Å². The van der Waals surface area contributed by atoms with Crippen molar-refractivity contribution >= 4 is 11.6 Å². The predicted molar refractivity (Wildman–Crippen MR) is 60.9 cm³/mol. The van der Waals surface area contributed by atoms with Crippen LogP contribution >= 0.6 is 11.6 Å². The molecule has 1 atom stereocenters. The van der Waals surface area contributed by atoms with Crippen molar-refractivity contribution in [1.29, 1.82) is 0 Å². The molecule has 0 aliphatic rings. The lowest BCUT2D eigenvalue weighted by molar-refractivity contribution is -0.115. The van der Waals surface area contributed by atoms with E-state index in [9.17, 15) is 4.39 Å². The molecular weight excluding hydrogens is 233 g/mol. The average Bonchev–Trinajstić information content (AvgIpc) is 2.25. The Morgan fingerprint density at radius 3 is 2.50 bits per heavy atom. The topological polar surface area (TPSA) is 44.5 Å². The van der Waals surface area contributed by atoms with E-state index in [-0.39, 0.29) is 11.1 Å². The number of hydrogen-bond donors (Lipinski definition) is 1. The van der Waals surface area contributed by atoms with Crippen LogP contribution in [0.25, 0.3) is 0 Å². The van der Waals surface area contributed by atoms with E-state index in [1.807, 2.05) is 0 Å². The van der Waals surface area contributed by atoms with Crippen LogP contribution in [0.5, 0.6) is 0 Å². The monoisotopic (exact) mass is 247 g/mol. The molecular formula is C11H15ClFNO2. The maximum absolute atomic E-state index is 12.9. The summed E-state index contributed by atoms with van der Waals surface area (Å²) in [5.74, 6) is -0.436. The van der Waals surface area contributed by atoms with Gasteiger partial charge in [-0.25, -0.2) is 4.39 Å². The van der Waals surface area contributed by atoms with Crippen LogP contribution in [-0.4, -0.2) is 26.6 Å². The Balaban J connectivity index is 2.69. The van der Waals surface area contributed by atoms with E-state index in [1.165, 1.54) is 20.3 Å². The fourth-order valence-corrected chi connectivity index (χ4v) is 1.68. The molecule has 1 rings (SSSR count). The standard InChI is InChI=1S/C11H15ClFNO2/c1-15-11(16-2)10(14)6-7-3-4-9(13)8(12)5-7/h3-5,10-11H,6,14H2,1-2H3. The van der Waals surface area contributed by atoms with E-state index in [4.69, 9.17) is 26.8 Å². The molecule has 1 unspecified atom stereocenters. The Morgan fingerprint density at radius 1 is 1.38 bits per heavy atom. The summed E-state index contributed by atoms with van der Waals surface area (Å²) in [6.45, 7) is 0. The molecule has 0 fully saturated rings. The summed E-state index contributed by atoms with van der Waals surface area (Å²) in [5, 5.41) is 0.0936. The largest absolute Gasteiger partial charge is 0.354 e. The zero-order chi connectivity index (χ0) is 12.1. The third-order valence-electron chi connectivity index (χ3n) is 2.27. The van der Waals surface area contributed by atoms with Crippen LogP contribution in [-0.2, 0) is 15.9 Å². The maximum atomic E-state index is 12.9. The first kappa shape index (κ1) is 13.4. The molecule has 0 bridgehead atoms. The van der Waals surface area contributed by atoms with Gasteiger partial charge in [0.05, 0.1) is 11.1 Å². The second kappa shape index (κ2) is 6.15. The van der Waals surface area contributed by atoms with Crippen molar-refractivity contribution in [3.05, 3.63) is 34.6 Å². The molecule has 0 aromatic heterocycles. The normalized spacial score (nSPS) is 13.1. The summed E-state index contributed by atoms with van der Waals surface area (Å²) < 4.78 is 23.0. The molecule has 0 spiro atoms. The van der Waals surface area contributed by atoms with Crippen LogP contribution in [0.3, 0.4) is 0 Å². The molecule has 3 nitrogen and oxygen atoms in total. The Hall–Kier alpha value is -0.680. The van der Waals surface area contributed by atoms with Crippen LogP contribution in [0.15, 0.2) is 18.2 Å². The van der Waals surface area contributed by atoms with Crippen LogP contribution in [0.1, 0.15) is 5.56 Å². The molecule has 1 aromatic rings. The van der Waals surface area contributed by atoms with E-state index in [1.54, 1.807) is 12.1 Å². The van der Waals surface area contributed by atoms with Crippen LogP contribution in [0.4, 0.5) is 4.39 Å². The summed E-state index contributed by atoms with van der Waals surface area (Å²) in [6, 6.07) is 4.19. The van der Waals surface area contributed by atoms with Gasteiger partial charge in [0.1, 0.15) is 5.82 Å². The van der Waals surface area contributed by atoms with E-state index in [0.29, 0.717) is 6.42 Å². The Morgan fingerprint density at radius 2 is 2.00 bits per heavy atom. The predicted octanol–water partition coefficient (Wildman–Crippen LogP) is 1.97. The Bertz CT molecular complexity index is 345. The van der Waals surface area contributed by atoms with Crippen molar-refractivity contribution < 1.29 is 13.9 Å². The smallest absolute Gasteiger partial charge is 0.172 e. The van der Waals surface area contributed by atoms with Crippen LogP contribution in [0, 0.1) is 5.82 Å². The summed E-state index contributed by atoms with van der Waals surface area (Å²) in [7, 11) is 3.04. The van der Waals surface area contributed by atoms with Crippen molar-refractivity contribution in [3.8, 4) is 0 Å². The number of methoxy groups -OCH3 is 2. The van der Waals surface area contributed by atoms with Gasteiger partial charge in [-0.05, 0) is 24.1 Å². The second-order valence-corrected chi connectivity index (χ2v) is 3.86. The van der Waals surface area contributed by atoms with Crippen molar-refractivity contribution in [3.63, 3.8) is 0 Å². The van der Waals surface area contributed by atoms with Gasteiger partial charge in [-0.1, -0.05) is 17.7 Å². The minimum absolute atomic E-state index is 0.0936. The maximum Gasteiger partial charge on any atom is 0.172 e. The number of nitrogens with two attached hydrogens (primary N) is 1. The summed E-state index contributed by atoms with van der Waals surface area (Å²) in [6.07, 6.45) is 0.0237. The molecule has 1 aromatic carbocycles. The van der Waals surface area contributed by atoms with Gasteiger partial charge in [0.2, 0.25) is 0 Å². The number of rotatable bonds is 5. The molecule has 16 heavy (non-hydrogen) atoms. The fraction of sp³-hybridized carbons (Fsp3) is 0.455. The van der Waals surface area contributed by atoms with E-state index in [0.717, 1.165) is 5.56 Å². The molecule has 0 heterocycles. The van der Waals surface area contributed by atoms with Crippen molar-refractivity contribution in [2.75, 3.05) is 14.2 Å². The third kappa shape index (κ3) is 3.42. The fourth-order valence-electron chi connectivity index (χ4n) is 1.48. The number of benzene rings is 1. The molecule has 0 aliphatic carbocycles. The molecule has 0 radical (unpaired) electrons. The average molecular weight is 248 g/mol. The van der Waals surface area contributed by atoms with Crippen LogP contribution < -0.4 is 5.73 Å². The highest BCUT2D eigenvalue weighted by Crippen LogP contribution is 2.17. The number of hydrogen-bond acceptors (Lipinski definition) is 3. The molecule has 0 saturated heterocycles. The highest BCUT2D eigenvalue weighted by atomic mass is 35.5. The lowest BCUT2D eigenvalue weighted by Gasteiger charge is -2.20. The SMILES string of the molecule is COC(OC)C(N)Cc1ccc(F)c(Cl)c1. The van der Waals surface area contributed by atoms with Gasteiger partial charge in [0.25, 0.3) is 0 Å². The van der Waals surface area contributed by atoms with Crippen molar-refractivity contribution in [1.82, 2.24) is 0 Å². The highest BCUT2D eigenvalue weighted by Gasteiger charge is 2.17. The first-order chi connectivity index (χ1) is 7.58. The van der Waals surface area contributed by atoms with Gasteiger partial charge >= 0.3 is 0 Å². The summed E-state index contributed by atoms with van der Waals surface area (Å²) >= 11 is 5.67. The summed E-state index contributed by atoms with van der Waals surface area (Å²) in [5.41, 5.74) is 6.72. The van der Waals surface area contributed by atoms with E-state index < -0.39 is 12.1 Å². The molecule has 0 amide bonds. The Labute approximate surface area is 99.3 Å². The molecule has 90 valence electrons. The number of halogens is 2. The second-order valence-electron chi connectivity index (χ2n) is 3.46. The third-order valence-corrected chi connectivity index (χ3v) is 2.56. The summed E-state index contributed by atoms with van der Waals surface area (Å²) in [4.78, 5) is 0. The van der Waals surface area contributed by atoms with Gasteiger partial charge in [-0.15, -0.1) is 0 Å². The molecule has 0 aliphatic heterocycles. The quantitative estimate of drug-likeness (QED) is 0.809. The van der Waals surface area contributed by atoms with Gasteiger partial charge in [-0.3, -0.25) is 0 Å². The van der Waals surface area contributed by atoms with E-state index >= 15 is 0 Å². The van der Waals surface area contributed by atoms with E-state index in [2.05, 4.69) is 0 Å². The first-order valence-corrected chi connectivity index (χ1v) is 5.21. The molecule has 0 saturated carbocycles. The Kier molecular flexibility index (Phi) is 5.15. The lowest BCUT2D eigenvalue weighted by Crippen LogP contribution is -2.39. The highest BCUT2D eigenvalue weighted by molar-refractivity contribution is 6.30.